The molecule has 14 heavy (non-hydrogen) atoms. The summed E-state index contributed by atoms with van der Waals surface area (Å²) in [6, 6.07) is 3.89. The van der Waals surface area contributed by atoms with Crippen LogP contribution in [0.1, 0.15) is 19.4 Å². The largest absolute Gasteiger partial charge is 0.474 e. The van der Waals surface area contributed by atoms with E-state index in [4.69, 9.17) is 4.74 Å². The molecule has 0 atom stereocenters. The van der Waals surface area contributed by atoms with E-state index < -0.39 is 0 Å². The Morgan fingerprint density at radius 1 is 1.50 bits per heavy atom. The normalized spacial score (nSPS) is 9.36. The number of ether oxygens (including phenoxy) is 1. The van der Waals surface area contributed by atoms with Crippen LogP contribution in [0.15, 0.2) is 36.0 Å². The van der Waals surface area contributed by atoms with Crippen molar-refractivity contribution < 1.29 is 4.74 Å². The molecule has 0 aromatic carbocycles. The minimum Gasteiger partial charge on any atom is -0.474 e. The Bertz CT molecular complexity index is 302. The lowest BCUT2D eigenvalue weighted by Crippen LogP contribution is -2.11. The number of pyridine rings is 1. The van der Waals surface area contributed by atoms with Crippen molar-refractivity contribution in [3.63, 3.8) is 0 Å². The molecular formula is C11H16N2O. The Kier molecular flexibility index (Phi) is 3.98. The molecule has 0 fully saturated rings. The van der Waals surface area contributed by atoms with Crippen LogP contribution >= 0.6 is 0 Å². The van der Waals surface area contributed by atoms with E-state index in [1.807, 2.05) is 33.0 Å². The zero-order chi connectivity index (χ0) is 10.4. The van der Waals surface area contributed by atoms with E-state index in [1.54, 1.807) is 12.4 Å². The van der Waals surface area contributed by atoms with Crippen molar-refractivity contribution in [2.75, 3.05) is 7.05 Å². The summed E-state index contributed by atoms with van der Waals surface area (Å²) in [6.45, 7) is 4.57. The van der Waals surface area contributed by atoms with Gasteiger partial charge < -0.3 is 10.1 Å². The van der Waals surface area contributed by atoms with Crippen molar-refractivity contribution in [1.29, 1.82) is 0 Å². The van der Waals surface area contributed by atoms with Gasteiger partial charge in [0.15, 0.2) is 5.88 Å². The number of hydrogen-bond acceptors (Lipinski definition) is 3. The third kappa shape index (κ3) is 3.09. The molecule has 76 valence electrons. The predicted octanol–water partition coefficient (Wildman–Crippen LogP) is 2.07. The highest BCUT2D eigenvalue weighted by Gasteiger charge is 1.98. The van der Waals surface area contributed by atoms with Crippen LogP contribution in [0, 0.1) is 0 Å². The van der Waals surface area contributed by atoms with E-state index in [0.29, 0.717) is 6.61 Å². The second-order valence-corrected chi connectivity index (χ2v) is 3.23. The van der Waals surface area contributed by atoms with Gasteiger partial charge in [0, 0.05) is 25.0 Å². The van der Waals surface area contributed by atoms with E-state index in [9.17, 15) is 0 Å². The van der Waals surface area contributed by atoms with Gasteiger partial charge in [-0.25, -0.2) is 0 Å². The van der Waals surface area contributed by atoms with Crippen LogP contribution in [-0.2, 0) is 11.3 Å². The molecule has 0 aliphatic heterocycles. The van der Waals surface area contributed by atoms with Crippen molar-refractivity contribution in [2.24, 2.45) is 0 Å². The number of aromatic nitrogens is 1. The first-order chi connectivity index (χ1) is 6.74. The van der Waals surface area contributed by atoms with Crippen molar-refractivity contribution in [2.45, 2.75) is 20.5 Å². The molecule has 0 saturated heterocycles. The maximum absolute atomic E-state index is 5.57. The molecule has 1 rings (SSSR count). The lowest BCUT2D eigenvalue weighted by atomic mass is 10.3. The lowest BCUT2D eigenvalue weighted by molar-refractivity contribution is 0.178. The van der Waals surface area contributed by atoms with Crippen LogP contribution in [0.3, 0.4) is 0 Å². The fourth-order valence-electron chi connectivity index (χ4n) is 1.11. The highest BCUT2D eigenvalue weighted by molar-refractivity contribution is 5.08. The summed E-state index contributed by atoms with van der Waals surface area (Å²) in [7, 11) is 1.85. The van der Waals surface area contributed by atoms with Crippen LogP contribution in [0.5, 0.6) is 0 Å². The van der Waals surface area contributed by atoms with Crippen LogP contribution < -0.4 is 5.32 Å². The monoisotopic (exact) mass is 192 g/mol. The average Bonchev–Trinajstić information content (AvgIpc) is 2.20. The summed E-state index contributed by atoms with van der Waals surface area (Å²) in [4.78, 5) is 4.02. The summed E-state index contributed by atoms with van der Waals surface area (Å²) in [5.74, 6) is 0.828. The number of nitrogens with zero attached hydrogens (tertiary/aromatic N) is 1. The van der Waals surface area contributed by atoms with Gasteiger partial charge in [0.25, 0.3) is 0 Å². The summed E-state index contributed by atoms with van der Waals surface area (Å²) in [5.41, 5.74) is 2.21. The quantitative estimate of drug-likeness (QED) is 0.741. The van der Waals surface area contributed by atoms with Gasteiger partial charge in [0.05, 0.1) is 0 Å². The number of hydrogen-bond donors (Lipinski definition) is 1. The lowest BCUT2D eigenvalue weighted by Gasteiger charge is -2.11. The summed E-state index contributed by atoms with van der Waals surface area (Å²) < 4.78 is 5.57. The van der Waals surface area contributed by atoms with Crippen LogP contribution in [0.4, 0.5) is 0 Å². The Labute approximate surface area is 84.8 Å². The van der Waals surface area contributed by atoms with E-state index in [2.05, 4.69) is 10.3 Å². The highest BCUT2D eigenvalue weighted by Crippen LogP contribution is 2.05. The molecule has 1 aromatic heterocycles. The van der Waals surface area contributed by atoms with E-state index >= 15 is 0 Å². The predicted molar refractivity (Wildman–Crippen MR) is 56.5 cm³/mol. The average molecular weight is 192 g/mol. The fraction of sp³-hybridized carbons (Fsp3) is 0.364. The molecule has 0 aliphatic rings. The Morgan fingerprint density at radius 2 is 2.29 bits per heavy atom. The summed E-state index contributed by atoms with van der Waals surface area (Å²) in [5, 5.41) is 3.01. The van der Waals surface area contributed by atoms with Crippen molar-refractivity contribution in [3.8, 4) is 0 Å². The van der Waals surface area contributed by atoms with Crippen molar-refractivity contribution >= 4 is 0 Å². The summed E-state index contributed by atoms with van der Waals surface area (Å²) >= 11 is 0. The molecule has 0 spiro atoms. The zero-order valence-corrected chi connectivity index (χ0v) is 8.87. The van der Waals surface area contributed by atoms with E-state index in [-0.39, 0.29) is 0 Å². The SMILES string of the molecule is CNC(OCc1cccnc1)=C(C)C. The molecule has 0 unspecified atom stereocenters. The van der Waals surface area contributed by atoms with E-state index in [0.717, 1.165) is 17.0 Å². The van der Waals surface area contributed by atoms with Gasteiger partial charge in [-0.15, -0.1) is 0 Å². The molecule has 0 bridgehead atoms. The van der Waals surface area contributed by atoms with Gasteiger partial charge in [0.1, 0.15) is 6.61 Å². The topological polar surface area (TPSA) is 34.1 Å². The first kappa shape index (κ1) is 10.6. The Morgan fingerprint density at radius 3 is 2.79 bits per heavy atom. The third-order valence-corrected chi connectivity index (χ3v) is 1.79. The van der Waals surface area contributed by atoms with E-state index in [1.165, 1.54) is 0 Å². The number of rotatable bonds is 4. The van der Waals surface area contributed by atoms with Crippen LogP contribution in [0.25, 0.3) is 0 Å². The Hall–Kier alpha value is -1.51. The molecule has 0 amide bonds. The molecule has 0 radical (unpaired) electrons. The number of nitrogens with one attached hydrogen (secondary N) is 1. The fourth-order valence-corrected chi connectivity index (χ4v) is 1.11. The van der Waals surface area contributed by atoms with Gasteiger partial charge >= 0.3 is 0 Å². The zero-order valence-electron chi connectivity index (χ0n) is 8.87. The maximum atomic E-state index is 5.57. The van der Waals surface area contributed by atoms with Gasteiger partial charge in [-0.05, 0) is 25.5 Å². The van der Waals surface area contributed by atoms with Gasteiger partial charge in [0.2, 0.25) is 0 Å². The summed E-state index contributed by atoms with van der Waals surface area (Å²) in [6.07, 6.45) is 3.56. The molecule has 0 saturated carbocycles. The second-order valence-electron chi connectivity index (χ2n) is 3.23. The molecule has 1 aromatic rings. The molecule has 0 aliphatic carbocycles. The Balaban J connectivity index is 2.53. The first-order valence-corrected chi connectivity index (χ1v) is 4.61. The minimum atomic E-state index is 0.551. The molecule has 1 N–H and O–H groups in total. The third-order valence-electron chi connectivity index (χ3n) is 1.79. The maximum Gasteiger partial charge on any atom is 0.185 e. The van der Waals surface area contributed by atoms with Gasteiger partial charge in [-0.1, -0.05) is 6.07 Å². The van der Waals surface area contributed by atoms with Gasteiger partial charge in [-0.2, -0.15) is 0 Å². The van der Waals surface area contributed by atoms with Crippen molar-refractivity contribution in [1.82, 2.24) is 10.3 Å². The van der Waals surface area contributed by atoms with Crippen LogP contribution in [-0.4, -0.2) is 12.0 Å². The molecule has 3 nitrogen and oxygen atoms in total. The van der Waals surface area contributed by atoms with Crippen molar-refractivity contribution in [3.05, 3.63) is 41.5 Å². The van der Waals surface area contributed by atoms with Gasteiger partial charge in [-0.3, -0.25) is 4.98 Å². The number of allylic oxidation sites excluding steroid dienone is 1. The molecular weight excluding hydrogens is 176 g/mol. The molecule has 3 heteroatoms. The standard InChI is InChI=1S/C11H16N2O/c1-9(2)11(12-3)14-8-10-5-4-6-13-7-10/h4-7,12H,8H2,1-3H3. The van der Waals surface area contributed by atoms with Crippen LogP contribution in [0.2, 0.25) is 0 Å². The second kappa shape index (κ2) is 5.27. The minimum absolute atomic E-state index is 0.551. The molecule has 1 heterocycles. The smallest absolute Gasteiger partial charge is 0.185 e. The first-order valence-electron chi connectivity index (χ1n) is 4.61. The highest BCUT2D eigenvalue weighted by atomic mass is 16.5.